The summed E-state index contributed by atoms with van der Waals surface area (Å²) in [5, 5.41) is 10.2. The lowest BCUT2D eigenvalue weighted by Crippen LogP contribution is -2.58. The topological polar surface area (TPSA) is 87.1 Å². The fourth-order valence-electron chi connectivity index (χ4n) is 6.20. The molecule has 1 aromatic carbocycles. The number of hydrogen-bond acceptors (Lipinski definition) is 6. The maximum atomic E-state index is 14.5. The van der Waals surface area contributed by atoms with Crippen LogP contribution in [0.15, 0.2) is 55.6 Å². The van der Waals surface area contributed by atoms with Crippen LogP contribution in [0.2, 0.25) is 0 Å². The quantitative estimate of drug-likeness (QED) is 0.241. The number of amides is 2. The van der Waals surface area contributed by atoms with E-state index in [4.69, 9.17) is 4.74 Å². The molecule has 9 heteroatoms. The van der Waals surface area contributed by atoms with Gasteiger partial charge < -0.3 is 19.6 Å². The van der Waals surface area contributed by atoms with Gasteiger partial charge in [0.25, 0.3) is 0 Å². The van der Waals surface area contributed by atoms with Crippen molar-refractivity contribution in [1.29, 1.82) is 0 Å². The zero-order valence-corrected chi connectivity index (χ0v) is 23.7. The molecular weight excluding hydrogens is 556 g/mol. The normalized spacial score (nSPS) is 30.8. The Morgan fingerprint density at radius 3 is 2.59 bits per heavy atom. The van der Waals surface area contributed by atoms with Crippen LogP contribution in [-0.4, -0.2) is 79.4 Å². The molecule has 200 valence electrons. The molecule has 1 aromatic rings. The first-order chi connectivity index (χ1) is 17.7. The van der Waals surface area contributed by atoms with Crippen LogP contribution >= 0.6 is 27.7 Å². The summed E-state index contributed by atoms with van der Waals surface area (Å²) in [4.78, 5) is 45.2. The number of nitrogens with zero attached hydrogens (tertiary/aromatic N) is 2. The summed E-state index contributed by atoms with van der Waals surface area (Å²) in [6.07, 6.45) is 3.76. The number of esters is 1. The molecule has 1 spiro atoms. The van der Waals surface area contributed by atoms with Crippen LogP contribution in [0, 0.1) is 17.8 Å². The van der Waals surface area contributed by atoms with E-state index in [2.05, 4.69) is 29.1 Å². The smallest absolute Gasteiger partial charge is 0.311 e. The van der Waals surface area contributed by atoms with Crippen molar-refractivity contribution >= 4 is 45.5 Å². The van der Waals surface area contributed by atoms with E-state index in [1.165, 1.54) is 6.08 Å². The molecular formula is C28H35BrN2O5S. The molecule has 0 aliphatic carbocycles. The third-order valence-corrected chi connectivity index (χ3v) is 11.0. The lowest BCUT2D eigenvalue weighted by Gasteiger charge is -2.41. The number of hydrogen-bond donors (Lipinski definition) is 1. The first kappa shape index (κ1) is 27.9. The summed E-state index contributed by atoms with van der Waals surface area (Å²) in [7, 11) is 0. The predicted octanol–water partition coefficient (Wildman–Crippen LogP) is 3.41. The number of rotatable bonds is 11. The summed E-state index contributed by atoms with van der Waals surface area (Å²) >= 11 is 5.32. The standard InChI is InChI=1S/C28H35BrN2O5S/c1-5-12-30(15-18-10-8-7-9-11-18)26(34)24-28-14-19(29)23(37-28)21(27(35)36-13-6-2)22(28)25(33)31(24)20(16-32)17(3)4/h5-11,17,19-24,32H,1-2,12-16H2,3-4H3/t19?,20-,21-,22-,23-,24?,28?/m0/s1. The third kappa shape index (κ3) is 4.79. The molecule has 0 aromatic heterocycles. The second kappa shape index (κ2) is 11.3. The van der Waals surface area contributed by atoms with Crippen LogP contribution in [-0.2, 0) is 25.7 Å². The lowest BCUT2D eigenvalue weighted by molar-refractivity contribution is -0.153. The number of halogens is 1. The predicted molar refractivity (Wildman–Crippen MR) is 148 cm³/mol. The van der Waals surface area contributed by atoms with Gasteiger partial charge >= 0.3 is 5.97 Å². The molecule has 3 aliphatic heterocycles. The van der Waals surface area contributed by atoms with E-state index in [0.717, 1.165) is 5.56 Å². The van der Waals surface area contributed by atoms with Crippen molar-refractivity contribution < 1.29 is 24.2 Å². The van der Waals surface area contributed by atoms with Gasteiger partial charge in [0.15, 0.2) is 0 Å². The Bertz CT molecular complexity index is 1050. The Labute approximate surface area is 231 Å². The van der Waals surface area contributed by atoms with Crippen LogP contribution in [0.5, 0.6) is 0 Å². The summed E-state index contributed by atoms with van der Waals surface area (Å²) in [5.41, 5.74) is 0.970. The van der Waals surface area contributed by atoms with E-state index in [1.54, 1.807) is 27.6 Å². The van der Waals surface area contributed by atoms with Crippen molar-refractivity contribution in [3.05, 3.63) is 61.2 Å². The molecule has 2 bridgehead atoms. The Morgan fingerprint density at radius 2 is 2.00 bits per heavy atom. The first-order valence-corrected chi connectivity index (χ1v) is 14.5. The summed E-state index contributed by atoms with van der Waals surface area (Å²) < 4.78 is 4.64. The summed E-state index contributed by atoms with van der Waals surface area (Å²) in [6, 6.07) is 8.33. The molecule has 37 heavy (non-hydrogen) atoms. The highest BCUT2D eigenvalue weighted by atomic mass is 79.9. The molecule has 2 amide bonds. The van der Waals surface area contributed by atoms with Crippen molar-refractivity contribution in [2.24, 2.45) is 17.8 Å². The van der Waals surface area contributed by atoms with Gasteiger partial charge in [-0.05, 0) is 17.9 Å². The van der Waals surface area contributed by atoms with Crippen molar-refractivity contribution in [2.45, 2.75) is 53.7 Å². The Balaban J connectivity index is 1.79. The fourth-order valence-corrected chi connectivity index (χ4v) is 9.78. The van der Waals surface area contributed by atoms with Crippen molar-refractivity contribution in [2.75, 3.05) is 19.8 Å². The molecule has 7 nitrogen and oxygen atoms in total. The van der Waals surface area contributed by atoms with Gasteiger partial charge in [0.05, 0.1) is 29.2 Å². The highest BCUT2D eigenvalue weighted by Crippen LogP contribution is 2.68. The number of benzene rings is 1. The van der Waals surface area contributed by atoms with Crippen LogP contribution in [0.25, 0.3) is 0 Å². The summed E-state index contributed by atoms with van der Waals surface area (Å²) in [6.45, 7) is 11.8. The van der Waals surface area contributed by atoms with Crippen LogP contribution in [0.4, 0.5) is 0 Å². The molecule has 3 aliphatic rings. The van der Waals surface area contributed by atoms with Gasteiger partial charge in [-0.3, -0.25) is 14.4 Å². The average molecular weight is 592 g/mol. The van der Waals surface area contributed by atoms with Gasteiger partial charge in [-0.15, -0.1) is 18.3 Å². The molecule has 4 rings (SSSR count). The second-order valence-electron chi connectivity index (χ2n) is 10.3. The Hall–Kier alpha value is -2.10. The minimum absolute atomic E-state index is 0.0494. The van der Waals surface area contributed by atoms with Gasteiger partial charge in [-0.1, -0.05) is 78.8 Å². The van der Waals surface area contributed by atoms with Crippen LogP contribution in [0.1, 0.15) is 25.8 Å². The number of likely N-dealkylation sites (tertiary alicyclic amines) is 1. The highest BCUT2D eigenvalue weighted by molar-refractivity contribution is 9.09. The molecule has 0 radical (unpaired) electrons. The van der Waals surface area contributed by atoms with Gasteiger partial charge in [-0.25, -0.2) is 0 Å². The zero-order valence-electron chi connectivity index (χ0n) is 21.3. The van der Waals surface area contributed by atoms with E-state index < -0.39 is 34.6 Å². The van der Waals surface area contributed by atoms with Crippen molar-refractivity contribution in [1.82, 2.24) is 9.80 Å². The first-order valence-electron chi connectivity index (χ1n) is 12.7. The molecule has 3 saturated heterocycles. The minimum Gasteiger partial charge on any atom is -0.461 e. The van der Waals surface area contributed by atoms with Gasteiger partial charge in [0, 0.05) is 23.2 Å². The minimum atomic E-state index is -0.819. The number of thioether (sulfide) groups is 1. The van der Waals surface area contributed by atoms with Gasteiger partial charge in [-0.2, -0.15) is 0 Å². The average Bonchev–Trinajstić information content (AvgIpc) is 3.46. The van der Waals surface area contributed by atoms with Gasteiger partial charge in [0.1, 0.15) is 12.6 Å². The number of carbonyl (C=O) groups is 3. The van der Waals surface area contributed by atoms with Gasteiger partial charge in [0.2, 0.25) is 11.8 Å². The van der Waals surface area contributed by atoms with Crippen molar-refractivity contribution in [3.63, 3.8) is 0 Å². The number of ether oxygens (including phenoxy) is 1. The zero-order chi connectivity index (χ0) is 26.9. The molecule has 3 unspecified atom stereocenters. The molecule has 0 saturated carbocycles. The molecule has 1 N–H and O–H groups in total. The largest absolute Gasteiger partial charge is 0.461 e. The number of fused-ring (bicyclic) bond motifs is 1. The van der Waals surface area contributed by atoms with Crippen LogP contribution < -0.4 is 0 Å². The molecule has 3 fully saturated rings. The Morgan fingerprint density at radius 1 is 1.30 bits per heavy atom. The fraction of sp³-hybridized carbons (Fsp3) is 0.536. The Kier molecular flexibility index (Phi) is 8.55. The van der Waals surface area contributed by atoms with E-state index >= 15 is 0 Å². The number of carbonyl (C=O) groups excluding carboxylic acids is 3. The third-order valence-electron chi connectivity index (χ3n) is 7.77. The SMILES string of the molecule is C=CCOC(=O)[C@H]1[C@H]2C(=O)N([C@@H](CO)C(C)C)C(C(=O)N(CC=C)Cc3ccccc3)C23CC(Br)[C@@H]1S3. The number of aliphatic hydroxyl groups is 1. The van der Waals surface area contributed by atoms with E-state index in [0.29, 0.717) is 19.5 Å². The molecule has 7 atom stereocenters. The second-order valence-corrected chi connectivity index (χ2v) is 13.0. The van der Waals surface area contributed by atoms with E-state index in [9.17, 15) is 19.5 Å². The van der Waals surface area contributed by atoms with E-state index in [1.807, 2.05) is 44.2 Å². The van der Waals surface area contributed by atoms with Crippen LogP contribution in [0.3, 0.4) is 0 Å². The monoisotopic (exact) mass is 590 g/mol. The molecule has 3 heterocycles. The lowest BCUT2D eigenvalue weighted by atomic mass is 9.71. The maximum Gasteiger partial charge on any atom is 0.311 e. The van der Waals surface area contributed by atoms with Crippen molar-refractivity contribution in [3.8, 4) is 0 Å². The van der Waals surface area contributed by atoms with E-state index in [-0.39, 0.29) is 41.0 Å². The number of aliphatic hydroxyl groups excluding tert-OH is 1. The highest BCUT2D eigenvalue weighted by Gasteiger charge is 2.76. The summed E-state index contributed by atoms with van der Waals surface area (Å²) in [5.74, 6) is -2.34. The maximum absolute atomic E-state index is 14.5. The number of alkyl halides is 1.